The van der Waals surface area contributed by atoms with E-state index in [1.165, 1.54) is 12.3 Å². The molecule has 98 valence electrons. The fraction of sp³-hybridized carbons (Fsp3) is 0.0833. The summed E-state index contributed by atoms with van der Waals surface area (Å²) < 4.78 is 23.0. The monoisotopic (exact) mass is 263 g/mol. The van der Waals surface area contributed by atoms with E-state index in [1.807, 2.05) is 30.3 Å². The number of nitrogens with zero attached hydrogens (tertiary/aromatic N) is 1. The van der Waals surface area contributed by atoms with Crippen molar-refractivity contribution in [2.75, 3.05) is 0 Å². The summed E-state index contributed by atoms with van der Waals surface area (Å²) in [7, 11) is -2.11. The molecule has 0 aliphatic rings. The van der Waals surface area contributed by atoms with E-state index < -0.39 is 13.3 Å². The van der Waals surface area contributed by atoms with Crippen LogP contribution < -0.4 is 9.39 Å². The van der Waals surface area contributed by atoms with Crippen molar-refractivity contribution in [1.29, 1.82) is 0 Å². The zero-order chi connectivity index (χ0) is 13.7. The van der Waals surface area contributed by atoms with Crippen molar-refractivity contribution in [3.8, 4) is 11.5 Å². The van der Waals surface area contributed by atoms with Gasteiger partial charge in [-0.05, 0) is 5.56 Å². The predicted molar refractivity (Wildman–Crippen MR) is 65.8 cm³/mol. The minimum Gasteiger partial charge on any atom is -0.508 e. The molecule has 1 heterocycles. The van der Waals surface area contributed by atoms with Crippen LogP contribution in [0.3, 0.4) is 0 Å². The van der Waals surface area contributed by atoms with E-state index in [4.69, 9.17) is 14.8 Å². The van der Waals surface area contributed by atoms with Crippen molar-refractivity contribution in [2.45, 2.75) is 6.61 Å². The molecule has 1 aromatic carbocycles. The Morgan fingerprint density at radius 3 is 2.63 bits per heavy atom. The summed E-state index contributed by atoms with van der Waals surface area (Å²) in [6.45, 7) is 0.287. The molecule has 1 aromatic heterocycles. The number of pyridine rings is 1. The number of hydrogen-bond donors (Lipinski definition) is 2. The Kier molecular flexibility index (Phi) is 4.32. The van der Waals surface area contributed by atoms with E-state index >= 15 is 0 Å². The third kappa shape index (κ3) is 3.94. The Bertz CT molecular complexity index is 539. The van der Waals surface area contributed by atoms with Crippen molar-refractivity contribution in [3.63, 3.8) is 0 Å². The maximum Gasteiger partial charge on any atom is 0.707 e. The summed E-state index contributed by atoms with van der Waals surface area (Å²) in [6.07, 6.45) is 1.19. The highest BCUT2D eigenvalue weighted by Crippen LogP contribution is 2.22. The van der Waals surface area contributed by atoms with E-state index in [-0.39, 0.29) is 18.1 Å². The minimum atomic E-state index is -2.11. The highest BCUT2D eigenvalue weighted by atomic mass is 19.1. The molecule has 0 amide bonds. The van der Waals surface area contributed by atoms with Gasteiger partial charge in [-0.1, -0.05) is 30.3 Å². The van der Waals surface area contributed by atoms with Gasteiger partial charge >= 0.3 is 7.32 Å². The summed E-state index contributed by atoms with van der Waals surface area (Å²) in [5, 5.41) is 17.3. The fourth-order valence-corrected chi connectivity index (χ4v) is 1.43. The van der Waals surface area contributed by atoms with Crippen LogP contribution in [0.25, 0.3) is 0 Å². The highest BCUT2D eigenvalue weighted by Gasteiger charge is 2.16. The van der Waals surface area contributed by atoms with E-state index in [0.29, 0.717) is 0 Å². The van der Waals surface area contributed by atoms with Crippen LogP contribution in [0.4, 0.5) is 4.39 Å². The molecule has 2 rings (SSSR count). The summed E-state index contributed by atoms with van der Waals surface area (Å²) in [5.41, 5.74) is 0.941. The molecule has 0 bridgehead atoms. The van der Waals surface area contributed by atoms with Gasteiger partial charge in [0, 0.05) is 6.07 Å². The van der Waals surface area contributed by atoms with Gasteiger partial charge in [-0.2, -0.15) is 4.39 Å². The summed E-state index contributed by atoms with van der Waals surface area (Å²) in [6, 6.07) is 10.6. The Morgan fingerprint density at radius 2 is 1.95 bits per heavy atom. The summed E-state index contributed by atoms with van der Waals surface area (Å²) in [4.78, 5) is 3.41. The molecule has 0 aliphatic carbocycles. The van der Waals surface area contributed by atoms with Gasteiger partial charge in [0.05, 0.1) is 6.20 Å². The summed E-state index contributed by atoms with van der Waals surface area (Å²) in [5.74, 6) is -1.07. The Hall–Kier alpha value is -2.12. The van der Waals surface area contributed by atoms with Gasteiger partial charge in [0.2, 0.25) is 0 Å². The van der Waals surface area contributed by atoms with Gasteiger partial charge < -0.3 is 19.4 Å². The molecule has 7 heteroatoms. The summed E-state index contributed by atoms with van der Waals surface area (Å²) >= 11 is 0. The fourth-order valence-electron chi connectivity index (χ4n) is 1.43. The normalized spacial score (nSPS) is 10.1. The van der Waals surface area contributed by atoms with E-state index in [1.54, 1.807) is 0 Å². The van der Waals surface area contributed by atoms with E-state index in [0.717, 1.165) is 5.56 Å². The van der Waals surface area contributed by atoms with Crippen molar-refractivity contribution in [2.24, 2.45) is 0 Å². The van der Waals surface area contributed by atoms with Gasteiger partial charge in [-0.3, -0.25) is 0 Å². The van der Waals surface area contributed by atoms with Crippen LogP contribution in [0.5, 0.6) is 11.5 Å². The van der Waals surface area contributed by atoms with Crippen LogP contribution in [0.2, 0.25) is 0 Å². The molecular formula is C12H11BFNO4. The van der Waals surface area contributed by atoms with Crippen LogP contribution in [0.1, 0.15) is 5.56 Å². The molecule has 0 fully saturated rings. The van der Waals surface area contributed by atoms with Crippen LogP contribution in [0, 0.1) is 5.95 Å². The van der Waals surface area contributed by atoms with Crippen molar-refractivity contribution in [1.82, 2.24) is 4.98 Å². The maximum atomic E-state index is 13.2. The number of ether oxygens (including phenoxy) is 1. The third-order valence-corrected chi connectivity index (χ3v) is 2.26. The molecule has 0 saturated carbocycles. The van der Waals surface area contributed by atoms with Crippen LogP contribution in [-0.2, 0) is 6.61 Å². The second kappa shape index (κ2) is 6.17. The number of benzene rings is 1. The number of rotatable bonds is 5. The highest BCUT2D eigenvalue weighted by molar-refractivity contribution is 6.33. The Balaban J connectivity index is 2.04. The van der Waals surface area contributed by atoms with Gasteiger partial charge in [0.15, 0.2) is 5.75 Å². The Labute approximate surface area is 109 Å². The second-order valence-electron chi connectivity index (χ2n) is 3.68. The molecule has 19 heavy (non-hydrogen) atoms. The molecule has 5 nitrogen and oxygen atoms in total. The van der Waals surface area contributed by atoms with Crippen molar-refractivity contribution >= 4 is 7.32 Å². The molecule has 2 aromatic rings. The first-order valence-corrected chi connectivity index (χ1v) is 5.50. The smallest absolute Gasteiger partial charge is 0.508 e. The predicted octanol–water partition coefficient (Wildman–Crippen LogP) is 1.15. The average Bonchev–Trinajstić information content (AvgIpc) is 2.40. The SMILES string of the molecule is OB(O)Oc1cc(OCc2ccccc2)cnc1F. The molecule has 0 unspecified atom stereocenters. The van der Waals surface area contributed by atoms with Crippen LogP contribution >= 0.6 is 0 Å². The zero-order valence-electron chi connectivity index (χ0n) is 9.86. The van der Waals surface area contributed by atoms with Gasteiger partial charge in [-0.25, -0.2) is 4.98 Å². The lowest BCUT2D eigenvalue weighted by molar-refractivity contribution is 0.274. The minimum absolute atomic E-state index is 0.265. The standard InChI is InChI=1S/C12H11BFNO4/c14-12-11(19-13(16)17)6-10(7-15-12)18-8-9-4-2-1-3-5-9/h1-7,16-17H,8H2. The van der Waals surface area contributed by atoms with Crippen LogP contribution in [-0.4, -0.2) is 22.4 Å². The largest absolute Gasteiger partial charge is 0.707 e. The Morgan fingerprint density at radius 1 is 1.21 bits per heavy atom. The van der Waals surface area contributed by atoms with Crippen molar-refractivity contribution in [3.05, 3.63) is 54.1 Å². The van der Waals surface area contributed by atoms with E-state index in [2.05, 4.69) is 9.64 Å². The lowest BCUT2D eigenvalue weighted by atomic mass is 10.2. The first-order valence-electron chi connectivity index (χ1n) is 5.50. The van der Waals surface area contributed by atoms with Crippen LogP contribution in [0.15, 0.2) is 42.6 Å². The molecular weight excluding hydrogens is 252 g/mol. The molecule has 0 atom stereocenters. The maximum absolute atomic E-state index is 13.2. The topological polar surface area (TPSA) is 71.8 Å². The quantitative estimate of drug-likeness (QED) is 0.625. The number of halogens is 1. The first kappa shape index (κ1) is 13.3. The number of aromatic nitrogens is 1. The number of hydrogen-bond acceptors (Lipinski definition) is 5. The zero-order valence-corrected chi connectivity index (χ0v) is 9.86. The second-order valence-corrected chi connectivity index (χ2v) is 3.68. The molecule has 0 saturated heterocycles. The van der Waals surface area contributed by atoms with Gasteiger partial charge in [0.25, 0.3) is 5.95 Å². The lowest BCUT2D eigenvalue weighted by Crippen LogP contribution is -2.21. The molecule has 0 spiro atoms. The third-order valence-electron chi connectivity index (χ3n) is 2.26. The first-order chi connectivity index (χ1) is 9.15. The van der Waals surface area contributed by atoms with Gasteiger partial charge in [0.1, 0.15) is 12.4 Å². The molecule has 0 aliphatic heterocycles. The molecule has 0 radical (unpaired) electrons. The van der Waals surface area contributed by atoms with Crippen molar-refractivity contribution < 1.29 is 23.8 Å². The lowest BCUT2D eigenvalue weighted by Gasteiger charge is -2.09. The van der Waals surface area contributed by atoms with E-state index in [9.17, 15) is 4.39 Å². The molecule has 2 N–H and O–H groups in total. The average molecular weight is 263 g/mol. The van der Waals surface area contributed by atoms with Gasteiger partial charge in [-0.15, -0.1) is 0 Å².